The van der Waals surface area contributed by atoms with E-state index in [0.717, 1.165) is 22.8 Å². The Hall–Kier alpha value is -3.75. The molecule has 1 aromatic carbocycles. The molecule has 0 radical (unpaired) electrons. The van der Waals surface area contributed by atoms with Crippen LogP contribution in [0.5, 0.6) is 0 Å². The van der Waals surface area contributed by atoms with E-state index in [1.54, 1.807) is 10.7 Å². The number of carbonyl (C=O) groups excluding carboxylic acids is 1. The quantitative estimate of drug-likeness (QED) is 0.575. The van der Waals surface area contributed by atoms with E-state index >= 15 is 0 Å². The Morgan fingerprint density at radius 1 is 1.10 bits per heavy atom. The summed E-state index contributed by atoms with van der Waals surface area (Å²) in [5, 5.41) is 11.4. The molecule has 4 aromatic rings. The van der Waals surface area contributed by atoms with Crippen molar-refractivity contribution in [2.24, 2.45) is 0 Å². The highest BCUT2D eigenvalue weighted by molar-refractivity contribution is 5.99. The molecular weight excluding hydrogens is 368 g/mol. The summed E-state index contributed by atoms with van der Waals surface area (Å²) in [5.74, 6) is 1.53. The number of hydrogen-bond acceptors (Lipinski definition) is 6. The minimum Gasteiger partial charge on any atom is -0.353 e. The van der Waals surface area contributed by atoms with Crippen LogP contribution in [0.1, 0.15) is 16.1 Å². The van der Waals surface area contributed by atoms with Crippen LogP contribution in [0, 0.1) is 6.92 Å². The fourth-order valence-corrected chi connectivity index (χ4v) is 3.72. The van der Waals surface area contributed by atoms with E-state index in [9.17, 15) is 4.79 Å². The molecule has 4 heterocycles. The maximum Gasteiger partial charge on any atom is 0.257 e. The summed E-state index contributed by atoms with van der Waals surface area (Å²) in [6.45, 7) is 4.61. The zero-order valence-electron chi connectivity index (χ0n) is 16.0. The minimum absolute atomic E-state index is 0.00550. The van der Waals surface area contributed by atoms with Gasteiger partial charge in [0, 0.05) is 43.5 Å². The molecule has 9 heteroatoms. The summed E-state index contributed by atoms with van der Waals surface area (Å²) in [6.07, 6.45) is 3.12. The molecule has 0 aliphatic carbocycles. The van der Waals surface area contributed by atoms with Crippen molar-refractivity contribution in [1.29, 1.82) is 0 Å². The number of nitrogens with one attached hydrogen (secondary N) is 1. The van der Waals surface area contributed by atoms with Crippen molar-refractivity contribution in [2.75, 3.05) is 31.1 Å². The Bertz CT molecular complexity index is 1160. The van der Waals surface area contributed by atoms with Gasteiger partial charge < -0.3 is 9.80 Å². The lowest BCUT2D eigenvalue weighted by atomic mass is 10.1. The first-order chi connectivity index (χ1) is 14.2. The maximum atomic E-state index is 13.1. The fourth-order valence-electron chi connectivity index (χ4n) is 3.72. The summed E-state index contributed by atoms with van der Waals surface area (Å²) < 4.78 is 1.74. The van der Waals surface area contributed by atoms with E-state index in [1.807, 2.05) is 48.2 Å². The molecule has 3 aromatic heterocycles. The molecule has 0 spiro atoms. The Labute approximate surface area is 167 Å². The minimum atomic E-state index is -0.00550. The third kappa shape index (κ3) is 3.10. The lowest BCUT2D eigenvalue weighted by molar-refractivity contribution is 0.0747. The summed E-state index contributed by atoms with van der Waals surface area (Å²) >= 11 is 0. The zero-order chi connectivity index (χ0) is 19.8. The molecule has 29 heavy (non-hydrogen) atoms. The van der Waals surface area contributed by atoms with Gasteiger partial charge in [0.15, 0.2) is 0 Å². The molecule has 1 aliphatic heterocycles. The Kier molecular flexibility index (Phi) is 4.19. The number of amides is 1. The standard InChI is InChI=1S/C20H20N8O/c1-14-11-17(28-20(24-14)21-13-23-28)26-7-9-27(10-8-26)19(29)16-12-22-25-18(16)15-5-3-2-4-6-15/h2-6,11-13H,7-10H2,1H3,(H,22,25). The van der Waals surface area contributed by atoms with Gasteiger partial charge in [-0.25, -0.2) is 4.98 Å². The molecule has 1 fully saturated rings. The van der Waals surface area contributed by atoms with Gasteiger partial charge in [0.1, 0.15) is 12.1 Å². The van der Waals surface area contributed by atoms with Gasteiger partial charge >= 0.3 is 0 Å². The number of fused-ring (bicyclic) bond motifs is 1. The first-order valence-electron chi connectivity index (χ1n) is 9.51. The average Bonchev–Trinajstić information content (AvgIpc) is 3.43. The number of benzene rings is 1. The van der Waals surface area contributed by atoms with Gasteiger partial charge in [-0.05, 0) is 6.92 Å². The summed E-state index contributed by atoms with van der Waals surface area (Å²) in [6, 6.07) is 11.8. The molecule has 1 aliphatic rings. The number of aromatic amines is 1. The van der Waals surface area contributed by atoms with E-state index in [2.05, 4.69) is 30.2 Å². The molecule has 0 unspecified atom stereocenters. The van der Waals surface area contributed by atoms with Gasteiger partial charge in [0.05, 0.1) is 17.5 Å². The number of H-pyrrole nitrogens is 1. The number of carbonyl (C=O) groups is 1. The largest absolute Gasteiger partial charge is 0.353 e. The van der Waals surface area contributed by atoms with Crippen LogP contribution in [-0.4, -0.2) is 66.8 Å². The molecule has 0 atom stereocenters. The van der Waals surface area contributed by atoms with Gasteiger partial charge in [-0.15, -0.1) is 0 Å². The molecule has 9 nitrogen and oxygen atoms in total. The van der Waals surface area contributed by atoms with Crippen molar-refractivity contribution in [3.05, 3.63) is 60.2 Å². The van der Waals surface area contributed by atoms with E-state index in [0.29, 0.717) is 37.5 Å². The number of rotatable bonds is 3. The number of aryl methyl sites for hydroxylation is 1. The summed E-state index contributed by atoms with van der Waals surface area (Å²) in [5.41, 5.74) is 3.20. The molecule has 1 amide bonds. The smallest absolute Gasteiger partial charge is 0.257 e. The van der Waals surface area contributed by atoms with Crippen LogP contribution in [0.15, 0.2) is 48.9 Å². The topological polar surface area (TPSA) is 95.3 Å². The van der Waals surface area contributed by atoms with Crippen LogP contribution in [0.25, 0.3) is 17.0 Å². The highest BCUT2D eigenvalue weighted by atomic mass is 16.2. The Balaban J connectivity index is 1.34. The van der Waals surface area contributed by atoms with E-state index in [-0.39, 0.29) is 5.91 Å². The van der Waals surface area contributed by atoms with E-state index in [4.69, 9.17) is 0 Å². The molecule has 1 saturated heterocycles. The SMILES string of the molecule is Cc1cc(N2CCN(C(=O)c3cn[nH]c3-c3ccccc3)CC2)n2ncnc2n1. The summed E-state index contributed by atoms with van der Waals surface area (Å²) in [4.78, 5) is 25.8. The van der Waals surface area contributed by atoms with Gasteiger partial charge in [-0.1, -0.05) is 30.3 Å². The van der Waals surface area contributed by atoms with Gasteiger partial charge in [0.25, 0.3) is 11.7 Å². The molecule has 5 rings (SSSR count). The number of aromatic nitrogens is 6. The van der Waals surface area contributed by atoms with Crippen molar-refractivity contribution in [1.82, 2.24) is 34.7 Å². The molecular formula is C20H20N8O. The van der Waals surface area contributed by atoms with Gasteiger partial charge in [-0.3, -0.25) is 9.89 Å². The Morgan fingerprint density at radius 3 is 2.69 bits per heavy atom. The number of nitrogens with zero attached hydrogens (tertiary/aromatic N) is 7. The van der Waals surface area contributed by atoms with Crippen LogP contribution >= 0.6 is 0 Å². The van der Waals surface area contributed by atoms with Crippen molar-refractivity contribution < 1.29 is 4.79 Å². The first kappa shape index (κ1) is 17.4. The number of anilines is 1. The highest BCUT2D eigenvalue weighted by Gasteiger charge is 2.26. The highest BCUT2D eigenvalue weighted by Crippen LogP contribution is 2.23. The second-order valence-electron chi connectivity index (χ2n) is 7.03. The summed E-state index contributed by atoms with van der Waals surface area (Å²) in [7, 11) is 0. The third-order valence-electron chi connectivity index (χ3n) is 5.18. The van der Waals surface area contributed by atoms with Crippen LogP contribution in [-0.2, 0) is 0 Å². The van der Waals surface area contributed by atoms with Crippen LogP contribution in [0.2, 0.25) is 0 Å². The van der Waals surface area contributed by atoms with Gasteiger partial charge in [-0.2, -0.15) is 19.7 Å². The lowest BCUT2D eigenvalue weighted by Crippen LogP contribution is -2.49. The van der Waals surface area contributed by atoms with Crippen LogP contribution < -0.4 is 4.90 Å². The first-order valence-corrected chi connectivity index (χ1v) is 9.51. The van der Waals surface area contributed by atoms with Crippen molar-refractivity contribution in [3.8, 4) is 11.3 Å². The molecule has 146 valence electrons. The average molecular weight is 388 g/mol. The van der Waals surface area contributed by atoms with Crippen molar-refractivity contribution in [2.45, 2.75) is 6.92 Å². The maximum absolute atomic E-state index is 13.1. The number of piperazine rings is 1. The molecule has 0 saturated carbocycles. The Morgan fingerprint density at radius 2 is 1.90 bits per heavy atom. The lowest BCUT2D eigenvalue weighted by Gasteiger charge is -2.36. The zero-order valence-corrected chi connectivity index (χ0v) is 16.0. The van der Waals surface area contributed by atoms with Gasteiger partial charge in [0.2, 0.25) is 0 Å². The second kappa shape index (κ2) is 7.01. The predicted octanol–water partition coefficient (Wildman–Crippen LogP) is 1.79. The van der Waals surface area contributed by atoms with Crippen molar-refractivity contribution >= 4 is 17.5 Å². The van der Waals surface area contributed by atoms with E-state index in [1.165, 1.54) is 6.33 Å². The third-order valence-corrected chi connectivity index (χ3v) is 5.18. The van der Waals surface area contributed by atoms with Crippen LogP contribution in [0.4, 0.5) is 5.82 Å². The molecule has 0 bridgehead atoms. The monoisotopic (exact) mass is 388 g/mol. The van der Waals surface area contributed by atoms with Crippen LogP contribution in [0.3, 0.4) is 0 Å². The fraction of sp³-hybridized carbons (Fsp3) is 0.250. The van der Waals surface area contributed by atoms with Crippen molar-refractivity contribution in [3.63, 3.8) is 0 Å². The normalized spacial score (nSPS) is 14.5. The number of hydrogen-bond donors (Lipinski definition) is 1. The molecule has 1 N–H and O–H groups in total. The predicted molar refractivity (Wildman–Crippen MR) is 108 cm³/mol. The van der Waals surface area contributed by atoms with E-state index < -0.39 is 0 Å². The second-order valence-corrected chi connectivity index (χ2v) is 7.03.